The maximum atomic E-state index is 14.6. The number of pyridine rings is 1. The van der Waals surface area contributed by atoms with Gasteiger partial charge in [0.25, 0.3) is 0 Å². The first kappa shape index (κ1) is 25.5. The van der Waals surface area contributed by atoms with Crippen molar-refractivity contribution in [3.63, 3.8) is 0 Å². The van der Waals surface area contributed by atoms with Crippen molar-refractivity contribution in [1.29, 1.82) is 0 Å². The Hall–Kier alpha value is -4.77. The van der Waals surface area contributed by atoms with Gasteiger partial charge in [-0.2, -0.15) is 15.1 Å². The molecule has 0 saturated carbocycles. The Morgan fingerprint density at radius 3 is 2.70 bits per heavy atom. The lowest BCUT2D eigenvalue weighted by Gasteiger charge is -2.35. The molecule has 0 bridgehead atoms. The minimum Gasteiger partial charge on any atom is -0.459 e. The van der Waals surface area contributed by atoms with Crippen LogP contribution in [-0.4, -0.2) is 62.1 Å². The highest BCUT2D eigenvalue weighted by atomic mass is 35.5. The van der Waals surface area contributed by atoms with E-state index in [4.69, 9.17) is 26.1 Å². The van der Waals surface area contributed by atoms with Crippen LogP contribution in [0, 0.1) is 5.82 Å². The van der Waals surface area contributed by atoms with Gasteiger partial charge in [-0.3, -0.25) is 9.89 Å². The summed E-state index contributed by atoms with van der Waals surface area (Å²) in [5.74, 6) is -0.0147. The Morgan fingerprint density at radius 2 is 1.93 bits per heavy atom. The number of benzene rings is 2. The summed E-state index contributed by atoms with van der Waals surface area (Å²) >= 11 is 6.31. The van der Waals surface area contributed by atoms with Crippen molar-refractivity contribution in [1.82, 2.24) is 30.0 Å². The van der Waals surface area contributed by atoms with Gasteiger partial charge in [-0.15, -0.1) is 0 Å². The number of halogens is 2. The molecule has 0 atom stereocenters. The molecule has 1 fully saturated rings. The fourth-order valence-electron chi connectivity index (χ4n) is 4.57. The molecular formula is C28H23ClFN7O3. The second-order valence-electron chi connectivity index (χ2n) is 9.07. The van der Waals surface area contributed by atoms with Crippen LogP contribution in [0.5, 0.6) is 17.6 Å². The van der Waals surface area contributed by atoms with Crippen LogP contribution in [0.2, 0.25) is 5.02 Å². The van der Waals surface area contributed by atoms with E-state index in [-0.39, 0.29) is 35.2 Å². The number of carbonyl (C=O) groups is 1. The minimum absolute atomic E-state index is 0.0638. The molecule has 0 radical (unpaired) electrons. The number of ether oxygens (including phenoxy) is 2. The highest BCUT2D eigenvalue weighted by Gasteiger charge is 2.25. The molecule has 4 heterocycles. The van der Waals surface area contributed by atoms with E-state index in [1.165, 1.54) is 18.3 Å². The van der Waals surface area contributed by atoms with Crippen LogP contribution >= 0.6 is 11.6 Å². The van der Waals surface area contributed by atoms with Crippen LogP contribution in [0.3, 0.4) is 0 Å². The number of hydrogen-bond acceptors (Lipinski definition) is 8. The maximum Gasteiger partial charge on any atom is 0.319 e. The van der Waals surface area contributed by atoms with Crippen molar-refractivity contribution < 1.29 is 18.7 Å². The minimum atomic E-state index is -0.664. The lowest BCUT2D eigenvalue weighted by atomic mass is 10.2. The Kier molecular flexibility index (Phi) is 6.87. The zero-order chi connectivity index (χ0) is 27.6. The molecular weight excluding hydrogens is 537 g/mol. The number of nitrogens with one attached hydrogen (secondary N) is 1. The molecule has 0 aliphatic carbocycles. The van der Waals surface area contributed by atoms with Gasteiger partial charge in [0.15, 0.2) is 5.75 Å². The fourth-order valence-corrected chi connectivity index (χ4v) is 4.76. The van der Waals surface area contributed by atoms with Gasteiger partial charge in [-0.1, -0.05) is 48.5 Å². The topological polar surface area (TPSA) is 109 Å². The number of rotatable bonds is 7. The van der Waals surface area contributed by atoms with E-state index >= 15 is 0 Å². The molecule has 6 rings (SSSR count). The molecule has 1 amide bonds. The van der Waals surface area contributed by atoms with Gasteiger partial charge in [-0.25, -0.2) is 9.37 Å². The number of amides is 1. The number of piperazine rings is 1. The smallest absolute Gasteiger partial charge is 0.319 e. The standard InChI is InChI=1S/C28H23ClFN7O3/c1-2-22(38)36-10-12-37(13-11-36)26-18-8-9-31-27(40-25-19-15-32-35-21(19)14-20(30)23(25)29)24(18)33-28(34-26)39-16-17-6-4-3-5-7-17/h2-9,14-15H,1,10-13,16H2,(H,32,35). The summed E-state index contributed by atoms with van der Waals surface area (Å²) in [6.07, 6.45) is 4.38. The van der Waals surface area contributed by atoms with E-state index in [1.54, 1.807) is 17.2 Å². The summed E-state index contributed by atoms with van der Waals surface area (Å²) in [5.41, 5.74) is 1.73. The third-order valence-corrected chi connectivity index (χ3v) is 6.96. The van der Waals surface area contributed by atoms with Crippen LogP contribution in [0.25, 0.3) is 21.8 Å². The molecule has 1 aliphatic heterocycles. The Morgan fingerprint density at radius 1 is 1.12 bits per heavy atom. The Balaban J connectivity index is 1.42. The average Bonchev–Trinajstić information content (AvgIpc) is 3.46. The summed E-state index contributed by atoms with van der Waals surface area (Å²) in [5, 5.41) is 7.64. The normalized spacial score (nSPS) is 13.6. The molecule has 3 aromatic heterocycles. The summed E-state index contributed by atoms with van der Waals surface area (Å²) in [4.78, 5) is 29.7. The third-order valence-electron chi connectivity index (χ3n) is 6.61. The quantitative estimate of drug-likeness (QED) is 0.280. The summed E-state index contributed by atoms with van der Waals surface area (Å²) in [6.45, 7) is 5.90. The van der Waals surface area contributed by atoms with E-state index in [0.717, 1.165) is 5.56 Å². The first-order valence-corrected chi connectivity index (χ1v) is 12.9. The number of carbonyl (C=O) groups excluding carboxylic acids is 1. The van der Waals surface area contributed by atoms with Crippen LogP contribution in [0.4, 0.5) is 10.2 Å². The SMILES string of the molecule is C=CC(=O)N1CCN(c2nc(OCc3ccccc3)nc3c(Oc4c(Cl)c(F)cc5[nH]ncc45)nccc23)CC1. The summed E-state index contributed by atoms with van der Waals surface area (Å²) in [6, 6.07) is 12.8. The predicted molar refractivity (Wildman–Crippen MR) is 148 cm³/mol. The molecule has 0 unspecified atom stereocenters. The van der Waals surface area contributed by atoms with E-state index < -0.39 is 5.82 Å². The van der Waals surface area contributed by atoms with Crippen molar-refractivity contribution in [2.45, 2.75) is 6.61 Å². The molecule has 1 N–H and O–H groups in total. The second-order valence-corrected chi connectivity index (χ2v) is 9.45. The van der Waals surface area contributed by atoms with Crippen LogP contribution in [0.15, 0.2) is 67.5 Å². The number of anilines is 1. The number of nitrogens with zero attached hydrogens (tertiary/aromatic N) is 6. The van der Waals surface area contributed by atoms with E-state index in [1.807, 2.05) is 30.3 Å². The molecule has 10 nitrogen and oxygen atoms in total. The highest BCUT2D eigenvalue weighted by molar-refractivity contribution is 6.33. The zero-order valence-corrected chi connectivity index (χ0v) is 21.9. The average molecular weight is 560 g/mol. The van der Waals surface area contributed by atoms with Gasteiger partial charge in [-0.05, 0) is 17.7 Å². The van der Waals surface area contributed by atoms with Crippen molar-refractivity contribution in [3.8, 4) is 17.6 Å². The molecule has 1 aliphatic rings. The molecule has 2 aromatic carbocycles. The largest absolute Gasteiger partial charge is 0.459 e. The number of aromatic amines is 1. The second kappa shape index (κ2) is 10.8. The van der Waals surface area contributed by atoms with Gasteiger partial charge < -0.3 is 19.3 Å². The highest BCUT2D eigenvalue weighted by Crippen LogP contribution is 2.40. The molecule has 0 spiro atoms. The van der Waals surface area contributed by atoms with Crippen molar-refractivity contribution in [3.05, 3.63) is 83.9 Å². The third kappa shape index (κ3) is 4.87. The predicted octanol–water partition coefficient (Wildman–Crippen LogP) is 4.90. The molecule has 12 heteroatoms. The number of fused-ring (bicyclic) bond motifs is 2. The first-order valence-electron chi connectivity index (χ1n) is 12.5. The summed E-state index contributed by atoms with van der Waals surface area (Å²) < 4.78 is 26.7. The lowest BCUT2D eigenvalue weighted by Crippen LogP contribution is -2.48. The van der Waals surface area contributed by atoms with Gasteiger partial charge in [0.05, 0.1) is 22.5 Å². The molecule has 40 heavy (non-hydrogen) atoms. The molecule has 5 aromatic rings. The Bertz CT molecular complexity index is 1720. The number of hydrogen-bond donors (Lipinski definition) is 1. The van der Waals surface area contributed by atoms with Gasteiger partial charge in [0.1, 0.15) is 28.8 Å². The van der Waals surface area contributed by atoms with Gasteiger partial charge >= 0.3 is 6.01 Å². The monoisotopic (exact) mass is 559 g/mol. The maximum absolute atomic E-state index is 14.6. The van der Waals surface area contributed by atoms with Crippen LogP contribution in [-0.2, 0) is 11.4 Å². The molecule has 1 saturated heterocycles. The summed E-state index contributed by atoms with van der Waals surface area (Å²) in [7, 11) is 0. The number of H-pyrrole nitrogens is 1. The zero-order valence-electron chi connectivity index (χ0n) is 21.2. The van der Waals surface area contributed by atoms with Gasteiger partial charge in [0.2, 0.25) is 11.8 Å². The van der Waals surface area contributed by atoms with Crippen molar-refractivity contribution in [2.24, 2.45) is 0 Å². The van der Waals surface area contributed by atoms with Crippen LogP contribution < -0.4 is 14.4 Å². The van der Waals surface area contributed by atoms with Crippen LogP contribution in [0.1, 0.15) is 5.56 Å². The van der Waals surface area contributed by atoms with E-state index in [0.29, 0.717) is 53.8 Å². The van der Waals surface area contributed by atoms with Crippen molar-refractivity contribution in [2.75, 3.05) is 31.1 Å². The Labute approximate surface area is 233 Å². The molecule has 202 valence electrons. The van der Waals surface area contributed by atoms with E-state index in [2.05, 4.69) is 31.6 Å². The van der Waals surface area contributed by atoms with E-state index in [9.17, 15) is 9.18 Å². The lowest BCUT2D eigenvalue weighted by molar-refractivity contribution is -0.126. The van der Waals surface area contributed by atoms with Gasteiger partial charge in [0, 0.05) is 38.4 Å². The fraction of sp³-hybridized carbons (Fsp3) is 0.179. The number of aromatic nitrogens is 5. The van der Waals surface area contributed by atoms with Crippen molar-refractivity contribution >= 4 is 45.1 Å². The first-order chi connectivity index (χ1) is 19.5.